The van der Waals surface area contributed by atoms with Gasteiger partial charge >= 0.3 is 0 Å². The molecule has 1 aliphatic carbocycles. The van der Waals surface area contributed by atoms with Gasteiger partial charge in [0.2, 0.25) is 5.91 Å². The quantitative estimate of drug-likeness (QED) is 0.864. The zero-order valence-corrected chi connectivity index (χ0v) is 12.6. The predicted molar refractivity (Wildman–Crippen MR) is 79.1 cm³/mol. The van der Waals surface area contributed by atoms with Crippen LogP contribution in [0.15, 0.2) is 30.3 Å². The Morgan fingerprint density at radius 2 is 1.95 bits per heavy atom. The van der Waals surface area contributed by atoms with Gasteiger partial charge in [-0.2, -0.15) is 0 Å². The molecule has 1 aromatic carbocycles. The fraction of sp³-hybridized carbons (Fsp3) is 0.562. The van der Waals surface area contributed by atoms with Crippen LogP contribution < -0.4 is 11.1 Å². The summed E-state index contributed by atoms with van der Waals surface area (Å²) >= 11 is 0. The molecule has 0 aromatic heterocycles. The third kappa shape index (κ3) is 2.34. The normalized spacial score (nSPS) is 29.5. The van der Waals surface area contributed by atoms with Crippen molar-refractivity contribution in [3.63, 3.8) is 0 Å². The van der Waals surface area contributed by atoms with Crippen molar-refractivity contribution in [1.29, 1.82) is 0 Å². The second-order valence-corrected chi connectivity index (χ2v) is 6.33. The second-order valence-electron chi connectivity index (χ2n) is 6.33. The molecule has 0 unspecified atom stereocenters. The number of benzene rings is 1. The van der Waals surface area contributed by atoms with Gasteiger partial charge in [0.15, 0.2) is 0 Å². The molecule has 4 nitrogen and oxygen atoms in total. The summed E-state index contributed by atoms with van der Waals surface area (Å²) in [4.78, 5) is 11.7. The molecular formula is C16H24N2O2. The Morgan fingerprint density at radius 3 is 2.40 bits per heavy atom. The van der Waals surface area contributed by atoms with Crippen molar-refractivity contribution in [2.75, 3.05) is 7.11 Å². The van der Waals surface area contributed by atoms with Gasteiger partial charge in [-0.1, -0.05) is 44.2 Å². The Morgan fingerprint density at radius 1 is 1.35 bits per heavy atom. The monoisotopic (exact) mass is 276 g/mol. The van der Waals surface area contributed by atoms with E-state index >= 15 is 0 Å². The Kier molecular flexibility index (Phi) is 3.89. The number of amides is 1. The molecule has 2 rings (SSSR count). The molecule has 0 aliphatic heterocycles. The van der Waals surface area contributed by atoms with Crippen molar-refractivity contribution >= 4 is 5.91 Å². The number of carbonyl (C=O) groups is 1. The number of hydrogen-bond donors (Lipinski definition) is 2. The first-order valence-corrected chi connectivity index (χ1v) is 6.97. The van der Waals surface area contributed by atoms with Gasteiger partial charge in [-0.15, -0.1) is 0 Å². The van der Waals surface area contributed by atoms with Crippen LogP contribution in [0.1, 0.15) is 38.8 Å². The number of ether oxygens (including phenoxy) is 1. The standard InChI is InChI=1S/C16H24N2O2/c1-15(2)12(10-16(15,3)20-4)18-13(14(17)19)11-8-6-5-7-9-11/h5-9,12-13,18H,10H2,1-4H3,(H2,17,19)/t12-,13+,16+/m0/s1. The molecule has 4 heteroatoms. The largest absolute Gasteiger partial charge is 0.378 e. The van der Waals surface area contributed by atoms with Gasteiger partial charge in [0.05, 0.1) is 5.60 Å². The molecule has 3 atom stereocenters. The molecule has 1 aromatic rings. The summed E-state index contributed by atoms with van der Waals surface area (Å²) in [5.74, 6) is -0.349. The third-order valence-electron chi connectivity index (χ3n) is 5.06. The van der Waals surface area contributed by atoms with Gasteiger partial charge in [-0.3, -0.25) is 10.1 Å². The van der Waals surface area contributed by atoms with E-state index in [-0.39, 0.29) is 23.0 Å². The summed E-state index contributed by atoms with van der Waals surface area (Å²) in [6.45, 7) is 6.41. The molecule has 0 spiro atoms. The van der Waals surface area contributed by atoms with Gasteiger partial charge < -0.3 is 10.5 Å². The summed E-state index contributed by atoms with van der Waals surface area (Å²) in [6, 6.07) is 9.34. The maximum absolute atomic E-state index is 11.7. The highest BCUT2D eigenvalue weighted by Crippen LogP contribution is 2.52. The minimum absolute atomic E-state index is 0.0514. The third-order valence-corrected chi connectivity index (χ3v) is 5.06. The first-order chi connectivity index (χ1) is 9.32. The molecule has 3 N–H and O–H groups in total. The van der Waals surface area contributed by atoms with Crippen molar-refractivity contribution in [2.45, 2.75) is 44.9 Å². The van der Waals surface area contributed by atoms with Crippen LogP contribution in [0.3, 0.4) is 0 Å². The fourth-order valence-electron chi connectivity index (χ4n) is 2.95. The minimum atomic E-state index is -0.457. The first kappa shape index (κ1) is 15.0. The molecular weight excluding hydrogens is 252 g/mol. The first-order valence-electron chi connectivity index (χ1n) is 6.97. The SMILES string of the molecule is CO[C@]1(C)C[C@H](N[C@@H](C(N)=O)c2ccccc2)C1(C)C. The Hall–Kier alpha value is -1.39. The predicted octanol–water partition coefficient (Wildman–Crippen LogP) is 2.01. The van der Waals surface area contributed by atoms with E-state index in [1.54, 1.807) is 7.11 Å². The van der Waals surface area contributed by atoms with Crippen LogP contribution in [-0.2, 0) is 9.53 Å². The topological polar surface area (TPSA) is 64.3 Å². The van der Waals surface area contributed by atoms with Gasteiger partial charge in [0.1, 0.15) is 6.04 Å². The van der Waals surface area contributed by atoms with Crippen LogP contribution >= 0.6 is 0 Å². The smallest absolute Gasteiger partial charge is 0.239 e. The van der Waals surface area contributed by atoms with Gasteiger partial charge in [0.25, 0.3) is 0 Å². The molecule has 1 aliphatic rings. The summed E-state index contributed by atoms with van der Waals surface area (Å²) in [5.41, 5.74) is 6.24. The molecule has 20 heavy (non-hydrogen) atoms. The van der Waals surface area contributed by atoms with E-state index in [2.05, 4.69) is 26.1 Å². The highest BCUT2D eigenvalue weighted by Gasteiger charge is 2.58. The van der Waals surface area contributed by atoms with Crippen LogP contribution in [0.25, 0.3) is 0 Å². The summed E-state index contributed by atoms with van der Waals surface area (Å²) in [5, 5.41) is 3.39. The number of rotatable bonds is 5. The molecule has 1 amide bonds. The lowest BCUT2D eigenvalue weighted by Crippen LogP contribution is -2.68. The average molecular weight is 276 g/mol. The summed E-state index contributed by atoms with van der Waals surface area (Å²) in [6.07, 6.45) is 0.868. The maximum Gasteiger partial charge on any atom is 0.239 e. The van der Waals surface area contributed by atoms with E-state index in [4.69, 9.17) is 10.5 Å². The minimum Gasteiger partial charge on any atom is -0.378 e. The van der Waals surface area contributed by atoms with Crippen LogP contribution in [0.5, 0.6) is 0 Å². The maximum atomic E-state index is 11.7. The Balaban J connectivity index is 2.14. The van der Waals surface area contributed by atoms with Crippen molar-refractivity contribution in [1.82, 2.24) is 5.32 Å². The van der Waals surface area contributed by atoms with Crippen molar-refractivity contribution in [3.05, 3.63) is 35.9 Å². The lowest BCUT2D eigenvalue weighted by atomic mass is 9.55. The van der Waals surface area contributed by atoms with Crippen molar-refractivity contribution in [2.24, 2.45) is 11.1 Å². The van der Waals surface area contributed by atoms with E-state index < -0.39 is 6.04 Å². The van der Waals surface area contributed by atoms with E-state index in [1.807, 2.05) is 30.3 Å². The van der Waals surface area contributed by atoms with Gasteiger partial charge in [0, 0.05) is 18.6 Å². The van der Waals surface area contributed by atoms with Crippen molar-refractivity contribution in [3.8, 4) is 0 Å². The Labute approximate surface area is 120 Å². The molecule has 1 saturated carbocycles. The number of nitrogens with one attached hydrogen (secondary N) is 1. The molecule has 0 heterocycles. The zero-order valence-electron chi connectivity index (χ0n) is 12.6. The number of primary amides is 1. The number of methoxy groups -OCH3 is 1. The molecule has 1 fully saturated rings. The van der Waals surface area contributed by atoms with Crippen LogP contribution in [0.2, 0.25) is 0 Å². The number of carbonyl (C=O) groups excluding carboxylic acids is 1. The Bertz CT molecular complexity index is 487. The van der Waals surface area contributed by atoms with E-state index in [0.717, 1.165) is 12.0 Å². The summed E-state index contributed by atoms with van der Waals surface area (Å²) in [7, 11) is 1.74. The van der Waals surface area contributed by atoms with Crippen LogP contribution in [0, 0.1) is 5.41 Å². The second kappa shape index (κ2) is 5.19. The fourth-order valence-corrected chi connectivity index (χ4v) is 2.95. The van der Waals surface area contributed by atoms with Crippen molar-refractivity contribution < 1.29 is 9.53 Å². The van der Waals surface area contributed by atoms with Gasteiger partial charge in [-0.25, -0.2) is 0 Å². The van der Waals surface area contributed by atoms with Crippen LogP contribution in [-0.4, -0.2) is 24.7 Å². The van der Waals surface area contributed by atoms with E-state index in [1.165, 1.54) is 0 Å². The highest BCUT2D eigenvalue weighted by molar-refractivity contribution is 5.81. The van der Waals surface area contributed by atoms with E-state index in [9.17, 15) is 4.79 Å². The zero-order chi connectivity index (χ0) is 15.0. The highest BCUT2D eigenvalue weighted by atomic mass is 16.5. The number of hydrogen-bond acceptors (Lipinski definition) is 3. The molecule has 0 saturated heterocycles. The lowest BCUT2D eigenvalue weighted by Gasteiger charge is -2.59. The van der Waals surface area contributed by atoms with Crippen LogP contribution in [0.4, 0.5) is 0 Å². The molecule has 0 bridgehead atoms. The molecule has 110 valence electrons. The average Bonchev–Trinajstić information content (AvgIpc) is 2.43. The lowest BCUT2D eigenvalue weighted by molar-refractivity contribution is -0.183. The number of nitrogens with two attached hydrogens (primary N) is 1. The van der Waals surface area contributed by atoms with Gasteiger partial charge in [-0.05, 0) is 18.9 Å². The molecule has 0 radical (unpaired) electrons. The summed E-state index contributed by atoms with van der Waals surface area (Å²) < 4.78 is 5.61. The van der Waals surface area contributed by atoms with E-state index in [0.29, 0.717) is 0 Å².